The van der Waals surface area contributed by atoms with Gasteiger partial charge in [-0.25, -0.2) is 8.42 Å². The zero-order valence-corrected chi connectivity index (χ0v) is 11.7. The Morgan fingerprint density at radius 2 is 1.94 bits per heavy atom. The highest BCUT2D eigenvalue weighted by molar-refractivity contribution is 7.90. The molecule has 0 bridgehead atoms. The molecular weight excluding hydrogens is 278 g/mol. The molecule has 104 valence electrons. The van der Waals surface area contributed by atoms with Crippen LogP contribution in [0.25, 0.3) is 0 Å². The van der Waals surface area contributed by atoms with E-state index in [9.17, 15) is 13.2 Å². The van der Waals surface area contributed by atoms with E-state index in [0.717, 1.165) is 0 Å². The highest BCUT2D eigenvalue weighted by Crippen LogP contribution is 2.08. The highest BCUT2D eigenvalue weighted by Gasteiger charge is 2.26. The van der Waals surface area contributed by atoms with Crippen molar-refractivity contribution in [2.24, 2.45) is 0 Å². The second-order valence-corrected chi connectivity index (χ2v) is 6.54. The molecule has 1 rings (SSSR count). The molecule has 0 aliphatic carbocycles. The molecule has 0 radical (unpaired) electrons. The summed E-state index contributed by atoms with van der Waals surface area (Å²) >= 11 is 5.39. The van der Waals surface area contributed by atoms with E-state index in [0.29, 0.717) is 32.7 Å². The molecule has 8 heteroatoms. The largest absolute Gasteiger partial charge is 0.352 e. The summed E-state index contributed by atoms with van der Waals surface area (Å²) in [7, 11) is -3.33. The Balaban J connectivity index is 2.36. The first-order chi connectivity index (χ1) is 8.49. The number of piperazine rings is 1. The zero-order chi connectivity index (χ0) is 13.6. The topological polar surface area (TPSA) is 69.7 Å². The Labute approximate surface area is 113 Å². The summed E-state index contributed by atoms with van der Waals surface area (Å²) in [4.78, 5) is 13.4. The standard InChI is InChI=1S/C10H18ClN3O3S/c1-2-3-12-10(15)8-13-4-6-14(7-5-13)18(16,17)9-11/h2H,1,3-9H2,(H,12,15). The van der Waals surface area contributed by atoms with Crippen molar-refractivity contribution in [3.8, 4) is 0 Å². The molecule has 0 aromatic carbocycles. The van der Waals surface area contributed by atoms with Crippen molar-refractivity contribution in [3.05, 3.63) is 12.7 Å². The van der Waals surface area contributed by atoms with Crippen molar-refractivity contribution < 1.29 is 13.2 Å². The van der Waals surface area contributed by atoms with E-state index in [1.807, 2.05) is 4.90 Å². The molecule has 18 heavy (non-hydrogen) atoms. The van der Waals surface area contributed by atoms with Gasteiger partial charge < -0.3 is 5.32 Å². The van der Waals surface area contributed by atoms with Gasteiger partial charge in [0, 0.05) is 32.7 Å². The van der Waals surface area contributed by atoms with Gasteiger partial charge in [0.1, 0.15) is 5.21 Å². The van der Waals surface area contributed by atoms with Crippen molar-refractivity contribution in [3.63, 3.8) is 0 Å². The predicted octanol–water partition coefficient (Wildman–Crippen LogP) is -0.568. The van der Waals surface area contributed by atoms with Crippen molar-refractivity contribution in [2.45, 2.75) is 0 Å². The van der Waals surface area contributed by atoms with Crippen LogP contribution in [0.2, 0.25) is 0 Å². The predicted molar refractivity (Wildman–Crippen MR) is 70.9 cm³/mol. The second kappa shape index (κ2) is 7.08. The maximum absolute atomic E-state index is 11.5. The van der Waals surface area contributed by atoms with Gasteiger partial charge in [0.25, 0.3) is 0 Å². The lowest BCUT2D eigenvalue weighted by molar-refractivity contribution is -0.122. The molecule has 0 aromatic rings. The summed E-state index contributed by atoms with van der Waals surface area (Å²) in [5.41, 5.74) is 0. The van der Waals surface area contributed by atoms with Gasteiger partial charge in [-0.3, -0.25) is 9.69 Å². The van der Waals surface area contributed by atoms with E-state index in [2.05, 4.69) is 11.9 Å². The molecule has 1 saturated heterocycles. The number of halogens is 1. The number of carbonyl (C=O) groups is 1. The Morgan fingerprint density at radius 1 is 1.33 bits per heavy atom. The minimum absolute atomic E-state index is 0.0800. The van der Waals surface area contributed by atoms with Crippen molar-refractivity contribution in [2.75, 3.05) is 44.5 Å². The Morgan fingerprint density at radius 3 is 2.44 bits per heavy atom. The van der Waals surface area contributed by atoms with Crippen LogP contribution in [0.15, 0.2) is 12.7 Å². The average Bonchev–Trinajstić information content (AvgIpc) is 2.37. The molecule has 1 aliphatic rings. The average molecular weight is 296 g/mol. The van der Waals surface area contributed by atoms with Gasteiger partial charge >= 0.3 is 0 Å². The number of hydrogen-bond acceptors (Lipinski definition) is 4. The summed E-state index contributed by atoms with van der Waals surface area (Å²) in [6, 6.07) is 0. The quantitative estimate of drug-likeness (QED) is 0.526. The van der Waals surface area contributed by atoms with Crippen LogP contribution in [-0.2, 0) is 14.8 Å². The van der Waals surface area contributed by atoms with Gasteiger partial charge in [0.15, 0.2) is 0 Å². The van der Waals surface area contributed by atoms with Gasteiger partial charge in [-0.15, -0.1) is 18.2 Å². The van der Waals surface area contributed by atoms with E-state index >= 15 is 0 Å². The minimum Gasteiger partial charge on any atom is -0.352 e. The van der Waals surface area contributed by atoms with Crippen molar-refractivity contribution in [1.82, 2.24) is 14.5 Å². The van der Waals surface area contributed by atoms with Gasteiger partial charge in [0.2, 0.25) is 15.9 Å². The SMILES string of the molecule is C=CCNC(=O)CN1CCN(S(=O)(=O)CCl)CC1. The summed E-state index contributed by atoms with van der Waals surface area (Å²) in [5.74, 6) is -0.0800. The van der Waals surface area contributed by atoms with Crippen LogP contribution < -0.4 is 5.32 Å². The first-order valence-electron chi connectivity index (χ1n) is 5.63. The highest BCUT2D eigenvalue weighted by atomic mass is 35.5. The third-order valence-corrected chi connectivity index (χ3v) is 4.93. The fourth-order valence-corrected chi connectivity index (χ4v) is 2.95. The number of rotatable bonds is 6. The molecule has 0 unspecified atom stereocenters. The molecule has 6 nitrogen and oxygen atoms in total. The zero-order valence-electron chi connectivity index (χ0n) is 10.1. The monoisotopic (exact) mass is 295 g/mol. The molecule has 0 aromatic heterocycles. The number of alkyl halides is 1. The summed E-state index contributed by atoms with van der Waals surface area (Å²) in [6.45, 7) is 6.07. The van der Waals surface area contributed by atoms with E-state index in [4.69, 9.17) is 11.6 Å². The summed E-state index contributed by atoms with van der Waals surface area (Å²) in [6.07, 6.45) is 1.61. The molecule has 0 spiro atoms. The maximum Gasteiger partial charge on any atom is 0.234 e. The molecule has 1 N–H and O–H groups in total. The Bertz CT molecular complexity index is 391. The van der Waals surface area contributed by atoms with E-state index < -0.39 is 15.2 Å². The van der Waals surface area contributed by atoms with Crippen LogP contribution in [0.4, 0.5) is 0 Å². The van der Waals surface area contributed by atoms with Crippen LogP contribution in [0, 0.1) is 0 Å². The molecule has 1 heterocycles. The van der Waals surface area contributed by atoms with Crippen LogP contribution in [0.5, 0.6) is 0 Å². The fourth-order valence-electron chi connectivity index (χ4n) is 1.68. The lowest BCUT2D eigenvalue weighted by Crippen LogP contribution is -2.51. The minimum atomic E-state index is -3.33. The van der Waals surface area contributed by atoms with Crippen LogP contribution >= 0.6 is 11.6 Å². The molecule has 0 saturated carbocycles. The van der Waals surface area contributed by atoms with Crippen LogP contribution in [0.1, 0.15) is 0 Å². The van der Waals surface area contributed by atoms with Crippen LogP contribution in [-0.4, -0.2) is 68.0 Å². The second-order valence-electron chi connectivity index (χ2n) is 3.99. The first kappa shape index (κ1) is 15.4. The molecule has 1 fully saturated rings. The van der Waals surface area contributed by atoms with E-state index in [1.54, 1.807) is 6.08 Å². The van der Waals surface area contributed by atoms with Gasteiger partial charge in [-0.1, -0.05) is 6.08 Å². The molecule has 1 amide bonds. The third kappa shape index (κ3) is 4.56. The number of amides is 1. The Kier molecular flexibility index (Phi) is 6.07. The molecular formula is C10H18ClN3O3S. The number of hydrogen-bond donors (Lipinski definition) is 1. The van der Waals surface area contributed by atoms with Gasteiger partial charge in [-0.2, -0.15) is 4.31 Å². The molecule has 0 atom stereocenters. The normalized spacial score (nSPS) is 18.5. The smallest absolute Gasteiger partial charge is 0.234 e. The lowest BCUT2D eigenvalue weighted by Gasteiger charge is -2.33. The lowest BCUT2D eigenvalue weighted by atomic mass is 10.3. The summed E-state index contributed by atoms with van der Waals surface area (Å²) < 4.78 is 24.4. The summed E-state index contributed by atoms with van der Waals surface area (Å²) in [5, 5.41) is 2.28. The third-order valence-electron chi connectivity index (χ3n) is 2.67. The van der Waals surface area contributed by atoms with Crippen molar-refractivity contribution >= 4 is 27.5 Å². The molecule has 1 aliphatic heterocycles. The first-order valence-corrected chi connectivity index (χ1v) is 7.77. The number of nitrogens with one attached hydrogen (secondary N) is 1. The number of sulfonamides is 1. The Hall–Kier alpha value is -0.630. The van der Waals surface area contributed by atoms with Crippen molar-refractivity contribution in [1.29, 1.82) is 0 Å². The number of nitrogens with zero attached hydrogens (tertiary/aromatic N) is 2. The number of carbonyl (C=O) groups excluding carboxylic acids is 1. The van der Waals surface area contributed by atoms with E-state index in [-0.39, 0.29) is 12.5 Å². The van der Waals surface area contributed by atoms with Crippen LogP contribution in [0.3, 0.4) is 0 Å². The van der Waals surface area contributed by atoms with E-state index in [1.165, 1.54) is 4.31 Å². The maximum atomic E-state index is 11.5. The van der Waals surface area contributed by atoms with Gasteiger partial charge in [0.05, 0.1) is 6.54 Å². The van der Waals surface area contributed by atoms with Gasteiger partial charge in [-0.05, 0) is 0 Å². The fraction of sp³-hybridized carbons (Fsp3) is 0.700.